The number of aldehydes is 1. The Morgan fingerprint density at radius 3 is 2.89 bits per heavy atom. The molecule has 150 valence electrons. The first-order valence-electron chi connectivity index (χ1n) is 9.20. The van der Waals surface area contributed by atoms with Crippen LogP contribution < -0.4 is 0 Å². The molecule has 7 atom stereocenters. The first kappa shape index (κ1) is 19.0. The molecule has 4 aliphatic rings. The third kappa shape index (κ3) is 3.01. The predicted octanol–water partition coefficient (Wildman–Crippen LogP) is 0.388. The van der Waals surface area contributed by atoms with Crippen molar-refractivity contribution in [3.05, 3.63) is 35.5 Å². The molecule has 0 unspecified atom stereocenters. The summed E-state index contributed by atoms with van der Waals surface area (Å²) in [5.41, 5.74) is 0.0287. The summed E-state index contributed by atoms with van der Waals surface area (Å²) >= 11 is 0. The standard InChI is InChI=1S/C20H22O8/c1-4-10(7-21)19(24)26-13-6-20(3)17(28-20)16-15(27-16)11(8-22)5-12-14(13)9(2)18(23)25-12/h4-5,8,12-17,21H,2,6-7H2,1,3H3/b10-4+,11-5+/t12-,13-,14+,15+,16+,17+,20-/m1/s1. The van der Waals surface area contributed by atoms with Gasteiger partial charge in [-0.3, -0.25) is 4.79 Å². The highest BCUT2D eigenvalue weighted by Gasteiger charge is 2.67. The van der Waals surface area contributed by atoms with E-state index < -0.39 is 42.3 Å². The molecule has 0 aromatic carbocycles. The highest BCUT2D eigenvalue weighted by Crippen LogP contribution is 2.53. The van der Waals surface area contributed by atoms with Crippen LogP contribution in [0.1, 0.15) is 20.3 Å². The number of allylic oxidation sites excluding steroid dienone is 1. The molecule has 4 rings (SSSR count). The maximum Gasteiger partial charge on any atom is 0.336 e. The quantitative estimate of drug-likeness (QED) is 0.317. The van der Waals surface area contributed by atoms with Gasteiger partial charge < -0.3 is 24.1 Å². The van der Waals surface area contributed by atoms with E-state index in [0.717, 1.165) is 0 Å². The van der Waals surface area contributed by atoms with Crippen molar-refractivity contribution in [2.24, 2.45) is 5.92 Å². The summed E-state index contributed by atoms with van der Waals surface area (Å²) in [5, 5.41) is 9.35. The van der Waals surface area contributed by atoms with Crippen molar-refractivity contribution in [3.63, 3.8) is 0 Å². The van der Waals surface area contributed by atoms with Crippen LogP contribution in [0.25, 0.3) is 0 Å². The summed E-state index contributed by atoms with van der Waals surface area (Å²) in [7, 11) is 0. The predicted molar refractivity (Wildman–Crippen MR) is 93.9 cm³/mol. The fourth-order valence-corrected chi connectivity index (χ4v) is 4.16. The molecule has 0 amide bonds. The van der Waals surface area contributed by atoms with E-state index in [2.05, 4.69) is 6.58 Å². The fraction of sp³-hybridized carbons (Fsp3) is 0.550. The van der Waals surface area contributed by atoms with E-state index in [1.807, 2.05) is 6.92 Å². The first-order valence-corrected chi connectivity index (χ1v) is 9.20. The fourth-order valence-electron chi connectivity index (χ4n) is 4.16. The molecule has 0 aromatic rings. The molecule has 0 saturated carbocycles. The van der Waals surface area contributed by atoms with Crippen LogP contribution in [0.4, 0.5) is 0 Å². The van der Waals surface area contributed by atoms with Gasteiger partial charge in [0.05, 0.1) is 23.7 Å². The SMILES string of the molecule is C=C1C(=O)O[C@@H]2/C=C(\C=O)[C@@H]3O[C@@H]3[C@@H]3O[C@]3(C)C[C@@H](OC(=O)/C(=C/C)CO)[C@@H]12. The monoisotopic (exact) mass is 390 g/mol. The van der Waals surface area contributed by atoms with E-state index in [1.54, 1.807) is 13.0 Å². The van der Waals surface area contributed by atoms with Gasteiger partial charge in [0.1, 0.15) is 36.8 Å². The lowest BCUT2D eigenvalue weighted by atomic mass is 9.82. The molecule has 8 nitrogen and oxygen atoms in total. The topological polar surface area (TPSA) is 115 Å². The van der Waals surface area contributed by atoms with Crippen molar-refractivity contribution in [2.45, 2.75) is 56.4 Å². The molecule has 8 heteroatoms. The number of carbonyl (C=O) groups excluding carboxylic acids is 3. The third-order valence-electron chi connectivity index (χ3n) is 5.89. The molecule has 0 bridgehead atoms. The lowest BCUT2D eigenvalue weighted by Gasteiger charge is -2.28. The number of ether oxygens (including phenoxy) is 4. The van der Waals surface area contributed by atoms with Crippen LogP contribution in [0, 0.1) is 5.92 Å². The molecule has 0 spiro atoms. The second kappa shape index (κ2) is 6.65. The molecule has 3 heterocycles. The van der Waals surface area contributed by atoms with E-state index in [9.17, 15) is 19.5 Å². The Morgan fingerprint density at radius 2 is 2.25 bits per heavy atom. The Bertz CT molecular complexity index is 811. The molecule has 3 saturated heterocycles. The number of aliphatic hydroxyl groups excluding tert-OH is 1. The Balaban J connectivity index is 1.71. The second-order valence-corrected chi connectivity index (χ2v) is 7.70. The highest BCUT2D eigenvalue weighted by atomic mass is 16.7. The number of rotatable bonds is 4. The summed E-state index contributed by atoms with van der Waals surface area (Å²) in [6, 6.07) is 0. The molecule has 0 aromatic heterocycles. The van der Waals surface area contributed by atoms with Crippen molar-refractivity contribution in [1.82, 2.24) is 0 Å². The van der Waals surface area contributed by atoms with Crippen LogP contribution in [0.2, 0.25) is 0 Å². The van der Waals surface area contributed by atoms with Gasteiger partial charge in [0.15, 0.2) is 0 Å². The van der Waals surface area contributed by atoms with Crippen LogP contribution >= 0.6 is 0 Å². The number of esters is 2. The number of hydrogen-bond donors (Lipinski definition) is 1. The maximum absolute atomic E-state index is 12.5. The van der Waals surface area contributed by atoms with Gasteiger partial charge >= 0.3 is 11.9 Å². The van der Waals surface area contributed by atoms with E-state index in [0.29, 0.717) is 18.3 Å². The number of hydrogen-bond acceptors (Lipinski definition) is 8. The van der Waals surface area contributed by atoms with Crippen molar-refractivity contribution < 1.29 is 38.4 Å². The second-order valence-electron chi connectivity index (χ2n) is 7.70. The van der Waals surface area contributed by atoms with E-state index in [1.165, 1.54) is 6.08 Å². The largest absolute Gasteiger partial charge is 0.458 e. The zero-order valence-electron chi connectivity index (χ0n) is 15.6. The van der Waals surface area contributed by atoms with Gasteiger partial charge in [-0.25, -0.2) is 9.59 Å². The van der Waals surface area contributed by atoms with Crippen LogP contribution in [0.5, 0.6) is 0 Å². The van der Waals surface area contributed by atoms with Gasteiger partial charge in [-0.2, -0.15) is 0 Å². The Labute approximate surface area is 161 Å². The lowest BCUT2D eigenvalue weighted by Crippen LogP contribution is -2.38. The van der Waals surface area contributed by atoms with Crippen molar-refractivity contribution >= 4 is 18.2 Å². The van der Waals surface area contributed by atoms with Crippen molar-refractivity contribution in [3.8, 4) is 0 Å². The maximum atomic E-state index is 12.5. The average molecular weight is 390 g/mol. The minimum absolute atomic E-state index is 0.109. The smallest absolute Gasteiger partial charge is 0.336 e. The van der Waals surface area contributed by atoms with Gasteiger partial charge in [-0.15, -0.1) is 0 Å². The summed E-state index contributed by atoms with van der Waals surface area (Å²) in [6.07, 6.45) is 1.55. The highest BCUT2D eigenvalue weighted by molar-refractivity contribution is 5.92. The van der Waals surface area contributed by atoms with Crippen molar-refractivity contribution in [1.29, 1.82) is 0 Å². The zero-order chi connectivity index (χ0) is 20.2. The molecular formula is C20H22O8. The zero-order valence-corrected chi connectivity index (χ0v) is 15.6. The third-order valence-corrected chi connectivity index (χ3v) is 5.89. The molecule has 28 heavy (non-hydrogen) atoms. The van der Waals surface area contributed by atoms with Gasteiger partial charge in [0.2, 0.25) is 0 Å². The Hall–Kier alpha value is -2.29. The summed E-state index contributed by atoms with van der Waals surface area (Å²) in [4.78, 5) is 36.2. The molecule has 3 fully saturated rings. The molecule has 3 aliphatic heterocycles. The average Bonchev–Trinajstić information content (AvgIpc) is 3.53. The van der Waals surface area contributed by atoms with Gasteiger partial charge in [-0.1, -0.05) is 12.7 Å². The lowest BCUT2D eigenvalue weighted by molar-refractivity contribution is -0.149. The number of fused-ring (bicyclic) bond motifs is 4. The first-order chi connectivity index (χ1) is 13.3. The number of aliphatic hydroxyl groups is 1. The minimum Gasteiger partial charge on any atom is -0.458 e. The normalized spacial score (nSPS) is 43.5. The number of carbonyl (C=O) groups is 3. The number of epoxide rings is 2. The summed E-state index contributed by atoms with van der Waals surface area (Å²) in [5.74, 6) is -1.95. The van der Waals surface area contributed by atoms with E-state index in [4.69, 9.17) is 18.9 Å². The van der Waals surface area contributed by atoms with Crippen LogP contribution in [-0.4, -0.2) is 66.1 Å². The van der Waals surface area contributed by atoms with Crippen molar-refractivity contribution in [2.75, 3.05) is 6.61 Å². The Kier molecular flexibility index (Phi) is 4.52. The van der Waals surface area contributed by atoms with Gasteiger partial charge in [0.25, 0.3) is 0 Å². The molecule has 1 N–H and O–H groups in total. The Morgan fingerprint density at radius 1 is 1.50 bits per heavy atom. The van der Waals surface area contributed by atoms with Crippen LogP contribution in [-0.2, 0) is 33.3 Å². The summed E-state index contributed by atoms with van der Waals surface area (Å²) < 4.78 is 22.5. The van der Waals surface area contributed by atoms with E-state index in [-0.39, 0.29) is 29.5 Å². The molecular weight excluding hydrogens is 368 g/mol. The van der Waals surface area contributed by atoms with Crippen LogP contribution in [0.3, 0.4) is 0 Å². The van der Waals surface area contributed by atoms with E-state index >= 15 is 0 Å². The summed E-state index contributed by atoms with van der Waals surface area (Å²) in [6.45, 7) is 6.84. The minimum atomic E-state index is -0.801. The van der Waals surface area contributed by atoms with Gasteiger partial charge in [0, 0.05) is 17.6 Å². The molecule has 0 radical (unpaired) electrons. The molecule has 1 aliphatic carbocycles. The van der Waals surface area contributed by atoms with Crippen LogP contribution in [0.15, 0.2) is 35.5 Å². The van der Waals surface area contributed by atoms with Gasteiger partial charge in [-0.05, 0) is 19.9 Å².